The number of methoxy groups -OCH3 is 2. The van der Waals surface area contributed by atoms with Crippen LogP contribution in [0.5, 0.6) is 5.75 Å². The average Bonchev–Trinajstić information content (AvgIpc) is 3.06. The number of carbonyl (C=O) groups excluding carboxylic acids is 1. The van der Waals surface area contributed by atoms with Crippen LogP contribution in [0.3, 0.4) is 0 Å². The van der Waals surface area contributed by atoms with Gasteiger partial charge >= 0.3 is 6.09 Å². The number of aliphatic hydroxyl groups is 1. The fourth-order valence-electron chi connectivity index (χ4n) is 6.19. The highest BCUT2D eigenvalue weighted by Gasteiger charge is 2.40. The third-order valence-corrected chi connectivity index (χ3v) is 8.45. The highest BCUT2D eigenvalue weighted by atomic mass is 16.5. The third kappa shape index (κ3) is 10.0. The second kappa shape index (κ2) is 18.1. The van der Waals surface area contributed by atoms with E-state index in [4.69, 9.17) is 23.7 Å². The van der Waals surface area contributed by atoms with Crippen LogP contribution in [-0.4, -0.2) is 113 Å². The molecule has 2 heterocycles. The molecule has 3 N–H and O–H groups in total. The second-order valence-electron chi connectivity index (χ2n) is 12.1. The van der Waals surface area contributed by atoms with E-state index in [1.54, 1.807) is 14.2 Å². The molecular formula is C34H49N3O9. The number of aliphatic hydroxyl groups excluding tert-OH is 1. The third-order valence-electron chi connectivity index (χ3n) is 8.45. The number of amides is 2. The lowest BCUT2D eigenvalue weighted by molar-refractivity contribution is -0.124. The maximum atomic E-state index is 12.2. The molecule has 2 aliphatic rings. The van der Waals surface area contributed by atoms with Gasteiger partial charge in [-0.05, 0) is 35.2 Å². The van der Waals surface area contributed by atoms with Gasteiger partial charge in [0.1, 0.15) is 19.0 Å². The fraction of sp³-hybridized carbons (Fsp3) is 0.588. The van der Waals surface area contributed by atoms with E-state index in [1.165, 1.54) is 4.90 Å². The molecular weight excluding hydrogens is 594 g/mol. The minimum Gasteiger partial charge on any atom is -0.490 e. The van der Waals surface area contributed by atoms with Crippen LogP contribution in [0.25, 0.3) is 0 Å². The lowest BCUT2D eigenvalue weighted by Crippen LogP contribution is -2.53. The van der Waals surface area contributed by atoms with Crippen LogP contribution in [0, 0.1) is 11.8 Å². The van der Waals surface area contributed by atoms with Crippen LogP contribution in [0.2, 0.25) is 0 Å². The molecule has 0 radical (unpaired) electrons. The quantitative estimate of drug-likeness (QED) is 0.221. The number of likely N-dealkylation sites (tertiary alicyclic amines) is 1. The van der Waals surface area contributed by atoms with Gasteiger partial charge in [0, 0.05) is 58.2 Å². The van der Waals surface area contributed by atoms with Crippen LogP contribution >= 0.6 is 0 Å². The Morgan fingerprint density at radius 1 is 1.04 bits per heavy atom. The zero-order chi connectivity index (χ0) is 32.9. The number of anilines is 1. The smallest absolute Gasteiger partial charge is 0.407 e. The number of carbonyl (C=O) groups is 2. The molecule has 1 saturated heterocycles. The van der Waals surface area contributed by atoms with Crippen molar-refractivity contribution in [2.24, 2.45) is 11.8 Å². The Balaban J connectivity index is 1.53. The van der Waals surface area contributed by atoms with Crippen molar-refractivity contribution in [2.45, 2.75) is 38.6 Å². The maximum absolute atomic E-state index is 12.2. The topological polar surface area (TPSA) is 139 Å². The van der Waals surface area contributed by atoms with Gasteiger partial charge in [0.2, 0.25) is 5.91 Å². The SMILES string of the molecule is COCCCN1CCOc2ccc(CO[C@H]3CN(C(=O)O)C[C@@H](CNC(=O)CO)[C@@H]3c3ccc(COCC(C)COC)cc3)cc21. The van der Waals surface area contributed by atoms with Gasteiger partial charge in [0.05, 0.1) is 51.3 Å². The molecule has 0 aliphatic carbocycles. The van der Waals surface area contributed by atoms with Gasteiger partial charge in [-0.3, -0.25) is 4.79 Å². The predicted octanol–water partition coefficient (Wildman–Crippen LogP) is 3.11. The van der Waals surface area contributed by atoms with Crippen molar-refractivity contribution >= 4 is 17.7 Å². The Hall–Kier alpha value is -3.42. The molecule has 0 aromatic heterocycles. The fourth-order valence-corrected chi connectivity index (χ4v) is 6.19. The van der Waals surface area contributed by atoms with Crippen LogP contribution in [-0.2, 0) is 37.0 Å². The van der Waals surface area contributed by atoms with Gasteiger partial charge in [-0.25, -0.2) is 4.79 Å². The first-order valence-corrected chi connectivity index (χ1v) is 15.9. The Bertz CT molecular complexity index is 1240. The molecule has 12 heteroatoms. The number of fused-ring (bicyclic) bond motifs is 1. The summed E-state index contributed by atoms with van der Waals surface area (Å²) in [4.78, 5) is 27.8. The maximum Gasteiger partial charge on any atom is 0.407 e. The Morgan fingerprint density at radius 3 is 2.54 bits per heavy atom. The minimum absolute atomic E-state index is 0.184. The van der Waals surface area contributed by atoms with E-state index in [9.17, 15) is 19.8 Å². The van der Waals surface area contributed by atoms with Crippen molar-refractivity contribution in [3.05, 3.63) is 59.2 Å². The van der Waals surface area contributed by atoms with Gasteiger partial charge < -0.3 is 49.0 Å². The van der Waals surface area contributed by atoms with E-state index in [-0.39, 0.29) is 44.0 Å². The lowest BCUT2D eigenvalue weighted by atomic mass is 9.78. The van der Waals surface area contributed by atoms with Crippen molar-refractivity contribution in [3.63, 3.8) is 0 Å². The molecule has 4 atom stereocenters. The molecule has 2 aromatic carbocycles. The monoisotopic (exact) mass is 643 g/mol. The number of nitrogens with zero attached hydrogens (tertiary/aromatic N) is 2. The number of carboxylic acid groups (broad SMARTS) is 1. The lowest BCUT2D eigenvalue weighted by Gasteiger charge is -2.43. The second-order valence-corrected chi connectivity index (χ2v) is 12.1. The summed E-state index contributed by atoms with van der Waals surface area (Å²) < 4.78 is 28.8. The molecule has 2 aromatic rings. The summed E-state index contributed by atoms with van der Waals surface area (Å²) in [7, 11) is 3.38. The van der Waals surface area contributed by atoms with Crippen molar-refractivity contribution in [3.8, 4) is 5.75 Å². The first-order chi connectivity index (χ1) is 22.3. The molecule has 1 fully saturated rings. The molecule has 0 saturated carbocycles. The zero-order valence-electron chi connectivity index (χ0n) is 27.2. The Labute approximate surface area is 271 Å². The molecule has 46 heavy (non-hydrogen) atoms. The van der Waals surface area contributed by atoms with Gasteiger partial charge in [-0.1, -0.05) is 37.3 Å². The molecule has 2 amide bonds. The van der Waals surface area contributed by atoms with E-state index >= 15 is 0 Å². The molecule has 0 spiro atoms. The first kappa shape index (κ1) is 35.4. The first-order valence-electron chi connectivity index (χ1n) is 15.9. The summed E-state index contributed by atoms with van der Waals surface area (Å²) >= 11 is 0. The van der Waals surface area contributed by atoms with E-state index < -0.39 is 24.7 Å². The van der Waals surface area contributed by atoms with Gasteiger partial charge in [-0.2, -0.15) is 0 Å². The Kier molecular flexibility index (Phi) is 13.9. The summed E-state index contributed by atoms with van der Waals surface area (Å²) in [5, 5.41) is 22.0. The highest BCUT2D eigenvalue weighted by Crippen LogP contribution is 2.37. The number of nitrogens with one attached hydrogen (secondary N) is 1. The summed E-state index contributed by atoms with van der Waals surface area (Å²) in [6.45, 7) is 6.94. The molecule has 2 aliphatic heterocycles. The average molecular weight is 644 g/mol. The largest absolute Gasteiger partial charge is 0.490 e. The van der Waals surface area contributed by atoms with E-state index in [0.29, 0.717) is 33.0 Å². The number of ether oxygens (including phenoxy) is 5. The molecule has 0 bridgehead atoms. The summed E-state index contributed by atoms with van der Waals surface area (Å²) in [6.07, 6.45) is -0.626. The number of rotatable bonds is 17. The number of benzene rings is 2. The molecule has 254 valence electrons. The van der Waals surface area contributed by atoms with Gasteiger partial charge in [-0.15, -0.1) is 0 Å². The molecule has 4 rings (SSSR count). The standard InChI is InChI=1S/C34H49N3O9/c1-24(20-43-3)21-44-22-25-5-8-27(9-6-25)33-28(16-35-32(39)19-38)17-37(34(40)41)18-31(33)46-23-26-7-10-30-29(15-26)36(12-14-45-30)11-4-13-42-2/h5-10,15,24,28,31,33,38H,4,11-14,16-23H2,1-3H3,(H,35,39)(H,40,41)/t24?,28-,31+,33+/m1/s1. The minimum atomic E-state index is -1.04. The van der Waals surface area contributed by atoms with E-state index in [1.807, 2.05) is 36.4 Å². The van der Waals surface area contributed by atoms with Crippen LogP contribution < -0.4 is 15.0 Å². The van der Waals surface area contributed by atoms with Crippen LogP contribution in [0.15, 0.2) is 42.5 Å². The van der Waals surface area contributed by atoms with Crippen molar-refractivity contribution < 1.29 is 43.5 Å². The van der Waals surface area contributed by atoms with Crippen LogP contribution in [0.4, 0.5) is 10.5 Å². The molecule has 1 unspecified atom stereocenters. The zero-order valence-corrected chi connectivity index (χ0v) is 27.2. The van der Waals surface area contributed by atoms with E-state index in [0.717, 1.165) is 47.6 Å². The van der Waals surface area contributed by atoms with Crippen molar-refractivity contribution in [2.75, 3.05) is 84.9 Å². The van der Waals surface area contributed by atoms with Crippen LogP contribution in [0.1, 0.15) is 36.0 Å². The molecule has 12 nitrogen and oxygen atoms in total. The highest BCUT2D eigenvalue weighted by molar-refractivity contribution is 5.76. The number of piperidine rings is 1. The summed E-state index contributed by atoms with van der Waals surface area (Å²) in [5.74, 6) is 0.119. The normalized spacial score (nSPS) is 20.1. The van der Waals surface area contributed by atoms with Crippen molar-refractivity contribution in [1.29, 1.82) is 0 Å². The number of hydrogen-bond donors (Lipinski definition) is 3. The van der Waals surface area contributed by atoms with Gasteiger partial charge in [0.15, 0.2) is 0 Å². The summed E-state index contributed by atoms with van der Waals surface area (Å²) in [6, 6.07) is 14.1. The van der Waals surface area contributed by atoms with Gasteiger partial charge in [0.25, 0.3) is 0 Å². The number of hydrogen-bond acceptors (Lipinski definition) is 9. The van der Waals surface area contributed by atoms with E-state index in [2.05, 4.69) is 23.2 Å². The Morgan fingerprint density at radius 2 is 1.83 bits per heavy atom. The predicted molar refractivity (Wildman–Crippen MR) is 172 cm³/mol. The van der Waals surface area contributed by atoms with Crippen molar-refractivity contribution in [1.82, 2.24) is 10.2 Å². The summed E-state index contributed by atoms with van der Waals surface area (Å²) in [5.41, 5.74) is 3.96.